The number of nitrogens with one attached hydrogen (secondary N) is 1. The molecule has 1 atom stereocenters. The second-order valence-electron chi connectivity index (χ2n) is 5.24. The quantitative estimate of drug-likeness (QED) is 0.752. The Bertz CT molecular complexity index is 349. The maximum absolute atomic E-state index is 12.1. The van der Waals surface area contributed by atoms with Crippen LogP contribution in [0, 0.1) is 0 Å². The van der Waals surface area contributed by atoms with Gasteiger partial charge in [-0.05, 0) is 39.5 Å². The SMILES string of the molecule is CC(C)=CCNC(=O)N1CCCCC1CCC(=O)O. The van der Waals surface area contributed by atoms with E-state index in [2.05, 4.69) is 5.32 Å². The van der Waals surface area contributed by atoms with Crippen LogP contribution in [0.4, 0.5) is 4.79 Å². The van der Waals surface area contributed by atoms with Crippen LogP contribution in [0.3, 0.4) is 0 Å². The fraction of sp³-hybridized carbons (Fsp3) is 0.714. The molecule has 5 nitrogen and oxygen atoms in total. The lowest BCUT2D eigenvalue weighted by atomic mass is 9.98. The van der Waals surface area contributed by atoms with Crippen molar-refractivity contribution in [2.75, 3.05) is 13.1 Å². The van der Waals surface area contributed by atoms with Gasteiger partial charge in [-0.25, -0.2) is 4.79 Å². The van der Waals surface area contributed by atoms with Gasteiger partial charge in [-0.15, -0.1) is 0 Å². The van der Waals surface area contributed by atoms with Crippen molar-refractivity contribution in [3.63, 3.8) is 0 Å². The molecule has 0 bridgehead atoms. The molecule has 1 saturated heterocycles. The van der Waals surface area contributed by atoms with Gasteiger partial charge in [-0.2, -0.15) is 0 Å². The first kappa shape index (κ1) is 15.5. The van der Waals surface area contributed by atoms with Gasteiger partial charge in [0, 0.05) is 25.6 Å². The number of hydrogen-bond acceptors (Lipinski definition) is 2. The average molecular weight is 268 g/mol. The number of carbonyl (C=O) groups is 2. The number of amides is 2. The lowest BCUT2D eigenvalue weighted by Gasteiger charge is -2.35. The molecule has 1 aliphatic rings. The summed E-state index contributed by atoms with van der Waals surface area (Å²) in [6, 6.07) is -0.0101. The number of aliphatic carboxylic acids is 1. The molecule has 19 heavy (non-hydrogen) atoms. The van der Waals surface area contributed by atoms with E-state index < -0.39 is 5.97 Å². The third-order valence-corrected chi connectivity index (χ3v) is 3.34. The number of allylic oxidation sites excluding steroid dienone is 1. The Kier molecular flexibility index (Phi) is 6.39. The van der Waals surface area contributed by atoms with Crippen molar-refractivity contribution in [1.29, 1.82) is 0 Å². The first-order valence-corrected chi connectivity index (χ1v) is 6.90. The van der Waals surface area contributed by atoms with E-state index in [1.165, 1.54) is 5.57 Å². The molecule has 0 aromatic carbocycles. The lowest BCUT2D eigenvalue weighted by Crippen LogP contribution is -2.48. The van der Waals surface area contributed by atoms with Crippen molar-refractivity contribution < 1.29 is 14.7 Å². The number of nitrogens with zero attached hydrogens (tertiary/aromatic N) is 1. The number of rotatable bonds is 5. The van der Waals surface area contributed by atoms with Crippen molar-refractivity contribution in [3.05, 3.63) is 11.6 Å². The summed E-state index contributed by atoms with van der Waals surface area (Å²) in [5.41, 5.74) is 1.17. The number of likely N-dealkylation sites (tertiary alicyclic amines) is 1. The Hall–Kier alpha value is -1.52. The predicted octanol–water partition coefficient (Wildman–Crippen LogP) is 2.38. The number of urea groups is 1. The summed E-state index contributed by atoms with van der Waals surface area (Å²) < 4.78 is 0. The fourth-order valence-corrected chi connectivity index (χ4v) is 2.30. The third kappa shape index (κ3) is 5.77. The molecule has 0 saturated carbocycles. The highest BCUT2D eigenvalue weighted by Crippen LogP contribution is 2.20. The highest BCUT2D eigenvalue weighted by molar-refractivity contribution is 5.75. The van der Waals surface area contributed by atoms with Gasteiger partial charge in [0.2, 0.25) is 0 Å². The van der Waals surface area contributed by atoms with E-state index in [9.17, 15) is 9.59 Å². The molecule has 2 N–H and O–H groups in total. The van der Waals surface area contributed by atoms with Crippen molar-refractivity contribution in [1.82, 2.24) is 10.2 Å². The Morgan fingerprint density at radius 3 is 2.74 bits per heavy atom. The molecule has 1 rings (SSSR count). The summed E-state index contributed by atoms with van der Waals surface area (Å²) in [6.07, 6.45) is 5.62. The van der Waals surface area contributed by atoms with E-state index in [1.807, 2.05) is 19.9 Å². The van der Waals surface area contributed by atoms with Crippen LogP contribution in [-0.2, 0) is 4.79 Å². The van der Waals surface area contributed by atoms with Gasteiger partial charge in [-0.1, -0.05) is 11.6 Å². The molecule has 2 amide bonds. The van der Waals surface area contributed by atoms with E-state index in [-0.39, 0.29) is 18.5 Å². The molecule has 108 valence electrons. The van der Waals surface area contributed by atoms with Gasteiger partial charge in [0.15, 0.2) is 0 Å². The molecule has 1 heterocycles. The van der Waals surface area contributed by atoms with Crippen LogP contribution in [0.5, 0.6) is 0 Å². The van der Waals surface area contributed by atoms with Gasteiger partial charge in [0.05, 0.1) is 0 Å². The summed E-state index contributed by atoms with van der Waals surface area (Å²) in [5, 5.41) is 11.6. The smallest absolute Gasteiger partial charge is 0.317 e. The average Bonchev–Trinajstić information content (AvgIpc) is 2.36. The van der Waals surface area contributed by atoms with Crippen LogP contribution in [0.15, 0.2) is 11.6 Å². The zero-order valence-corrected chi connectivity index (χ0v) is 11.8. The number of piperidine rings is 1. The molecular formula is C14H24N2O3. The first-order chi connectivity index (χ1) is 9.00. The minimum absolute atomic E-state index is 0.0663. The standard InChI is InChI=1S/C14H24N2O3/c1-11(2)8-9-15-14(19)16-10-4-3-5-12(16)6-7-13(17)18/h8,12H,3-7,9-10H2,1-2H3,(H,15,19)(H,17,18). The molecule has 0 radical (unpaired) electrons. The van der Waals surface area contributed by atoms with Gasteiger partial charge < -0.3 is 15.3 Å². The molecule has 0 aromatic rings. The molecule has 1 unspecified atom stereocenters. The molecule has 5 heteroatoms. The highest BCUT2D eigenvalue weighted by Gasteiger charge is 2.26. The maximum Gasteiger partial charge on any atom is 0.317 e. The second-order valence-corrected chi connectivity index (χ2v) is 5.24. The van der Waals surface area contributed by atoms with Crippen LogP contribution in [-0.4, -0.2) is 41.1 Å². The normalized spacial score (nSPS) is 18.8. The third-order valence-electron chi connectivity index (χ3n) is 3.34. The van der Waals surface area contributed by atoms with E-state index in [0.717, 1.165) is 25.8 Å². The summed E-state index contributed by atoms with van der Waals surface area (Å²) in [5.74, 6) is -0.796. The van der Waals surface area contributed by atoms with E-state index in [4.69, 9.17) is 5.11 Å². The molecule has 0 aromatic heterocycles. The second kappa shape index (κ2) is 7.81. The van der Waals surface area contributed by atoms with Crippen LogP contribution in [0.1, 0.15) is 46.0 Å². The van der Waals surface area contributed by atoms with Crippen molar-refractivity contribution in [3.8, 4) is 0 Å². The maximum atomic E-state index is 12.1. The van der Waals surface area contributed by atoms with E-state index >= 15 is 0 Å². The van der Waals surface area contributed by atoms with E-state index in [1.54, 1.807) is 4.90 Å². The van der Waals surface area contributed by atoms with E-state index in [0.29, 0.717) is 13.0 Å². The minimum atomic E-state index is -0.796. The van der Waals surface area contributed by atoms with Crippen LogP contribution in [0.25, 0.3) is 0 Å². The number of carbonyl (C=O) groups excluding carboxylic acids is 1. The van der Waals surface area contributed by atoms with Crippen LogP contribution < -0.4 is 5.32 Å². The molecule has 1 aliphatic heterocycles. The largest absolute Gasteiger partial charge is 0.481 e. The fourth-order valence-electron chi connectivity index (χ4n) is 2.30. The number of carboxylic acids is 1. The zero-order valence-electron chi connectivity index (χ0n) is 11.8. The summed E-state index contributed by atoms with van der Waals surface area (Å²) in [6.45, 7) is 5.24. The van der Waals surface area contributed by atoms with Crippen molar-refractivity contribution in [2.45, 2.75) is 52.0 Å². The number of carboxylic acid groups (broad SMARTS) is 1. The molecule has 1 fully saturated rings. The van der Waals surface area contributed by atoms with Gasteiger partial charge in [0.25, 0.3) is 0 Å². The summed E-state index contributed by atoms with van der Waals surface area (Å²) >= 11 is 0. The Morgan fingerprint density at radius 1 is 1.37 bits per heavy atom. The Morgan fingerprint density at radius 2 is 2.11 bits per heavy atom. The number of hydrogen-bond donors (Lipinski definition) is 2. The van der Waals surface area contributed by atoms with Crippen molar-refractivity contribution in [2.24, 2.45) is 0 Å². The topological polar surface area (TPSA) is 69.6 Å². The minimum Gasteiger partial charge on any atom is -0.481 e. The molecule has 0 aliphatic carbocycles. The van der Waals surface area contributed by atoms with Crippen LogP contribution >= 0.6 is 0 Å². The van der Waals surface area contributed by atoms with Gasteiger partial charge in [-0.3, -0.25) is 4.79 Å². The monoisotopic (exact) mass is 268 g/mol. The van der Waals surface area contributed by atoms with Crippen molar-refractivity contribution >= 4 is 12.0 Å². The zero-order chi connectivity index (χ0) is 14.3. The highest BCUT2D eigenvalue weighted by atomic mass is 16.4. The first-order valence-electron chi connectivity index (χ1n) is 6.90. The van der Waals surface area contributed by atoms with Gasteiger partial charge >= 0.3 is 12.0 Å². The van der Waals surface area contributed by atoms with Crippen LogP contribution in [0.2, 0.25) is 0 Å². The summed E-state index contributed by atoms with van der Waals surface area (Å²) in [4.78, 5) is 24.5. The lowest BCUT2D eigenvalue weighted by molar-refractivity contribution is -0.137. The molecule has 0 spiro atoms. The Labute approximate surface area is 114 Å². The Balaban J connectivity index is 2.48. The van der Waals surface area contributed by atoms with Gasteiger partial charge in [0.1, 0.15) is 0 Å². The molecular weight excluding hydrogens is 244 g/mol. The predicted molar refractivity (Wildman–Crippen MR) is 74.0 cm³/mol. The summed E-state index contributed by atoms with van der Waals surface area (Å²) in [7, 11) is 0.